The smallest absolute Gasteiger partial charge is 0.0630 e. The van der Waals surface area contributed by atoms with Crippen LogP contribution in [0.5, 0.6) is 0 Å². The van der Waals surface area contributed by atoms with Gasteiger partial charge >= 0.3 is 0 Å². The molecule has 2 saturated carbocycles. The Kier molecular flexibility index (Phi) is 3.92. The van der Waals surface area contributed by atoms with Crippen molar-refractivity contribution in [1.82, 2.24) is 15.1 Å². The van der Waals surface area contributed by atoms with Gasteiger partial charge in [-0.25, -0.2) is 0 Å². The van der Waals surface area contributed by atoms with E-state index in [1.165, 1.54) is 57.1 Å². The van der Waals surface area contributed by atoms with E-state index < -0.39 is 0 Å². The molecule has 0 bridgehead atoms. The van der Waals surface area contributed by atoms with Gasteiger partial charge in [0.1, 0.15) is 0 Å². The van der Waals surface area contributed by atoms with Crippen molar-refractivity contribution in [2.45, 2.75) is 63.8 Å². The van der Waals surface area contributed by atoms with Gasteiger partial charge in [0.2, 0.25) is 0 Å². The minimum atomic E-state index is 0.500. The molecular formula is C16H27N3. The molecular weight excluding hydrogens is 234 g/mol. The van der Waals surface area contributed by atoms with Gasteiger partial charge in [-0.3, -0.25) is 4.68 Å². The first-order chi connectivity index (χ1) is 9.31. The zero-order valence-corrected chi connectivity index (χ0v) is 12.2. The van der Waals surface area contributed by atoms with Crippen LogP contribution in [0, 0.1) is 5.41 Å². The lowest BCUT2D eigenvalue weighted by molar-refractivity contribution is 0.131. The van der Waals surface area contributed by atoms with E-state index in [0.717, 1.165) is 13.0 Å². The van der Waals surface area contributed by atoms with Crippen molar-refractivity contribution in [3.8, 4) is 0 Å². The molecule has 3 heteroatoms. The zero-order chi connectivity index (χ0) is 13.1. The third-order valence-electron chi connectivity index (χ3n) is 5.13. The molecule has 1 aromatic rings. The minimum absolute atomic E-state index is 0.500. The number of aromatic nitrogens is 2. The van der Waals surface area contributed by atoms with Gasteiger partial charge in [-0.05, 0) is 50.6 Å². The van der Waals surface area contributed by atoms with Gasteiger partial charge in [0.05, 0.1) is 11.7 Å². The Balaban J connectivity index is 1.64. The Bertz CT molecular complexity index is 400. The fraction of sp³-hybridized carbons (Fsp3) is 0.812. The lowest BCUT2D eigenvalue weighted by Crippen LogP contribution is -2.40. The predicted octanol–water partition coefficient (Wildman–Crippen LogP) is 3.32. The quantitative estimate of drug-likeness (QED) is 0.881. The number of nitrogens with one attached hydrogen (secondary N) is 1. The Morgan fingerprint density at radius 2 is 2.05 bits per heavy atom. The minimum Gasteiger partial charge on any atom is -0.319 e. The van der Waals surface area contributed by atoms with Gasteiger partial charge in [-0.2, -0.15) is 5.10 Å². The average Bonchev–Trinajstić information content (AvgIpc) is 2.86. The predicted molar refractivity (Wildman–Crippen MR) is 78.3 cm³/mol. The van der Waals surface area contributed by atoms with Crippen molar-refractivity contribution >= 4 is 0 Å². The van der Waals surface area contributed by atoms with Crippen LogP contribution in [0.2, 0.25) is 0 Å². The summed E-state index contributed by atoms with van der Waals surface area (Å²) < 4.78 is 2.25. The molecule has 2 aliphatic rings. The van der Waals surface area contributed by atoms with Crippen LogP contribution < -0.4 is 5.32 Å². The normalized spacial score (nSPS) is 23.2. The molecule has 3 nitrogen and oxygen atoms in total. The standard InChI is InChI=1S/C16H27N3/c1-17-13-16(9-5-10-16)12-14-8-11-19(18-14)15-6-3-2-4-7-15/h8,11,15,17H,2-7,9-10,12-13H2,1H3. The Hall–Kier alpha value is -0.830. The Morgan fingerprint density at radius 1 is 1.26 bits per heavy atom. The van der Waals surface area contributed by atoms with E-state index >= 15 is 0 Å². The van der Waals surface area contributed by atoms with Crippen LogP contribution in [0.1, 0.15) is 63.1 Å². The lowest BCUT2D eigenvalue weighted by Gasteiger charge is -2.41. The van der Waals surface area contributed by atoms with Crippen LogP contribution in [0.15, 0.2) is 12.3 Å². The van der Waals surface area contributed by atoms with Crippen LogP contribution in [0.3, 0.4) is 0 Å². The molecule has 2 fully saturated rings. The molecule has 0 atom stereocenters. The number of nitrogens with zero attached hydrogens (tertiary/aromatic N) is 2. The van der Waals surface area contributed by atoms with Crippen LogP contribution in [-0.2, 0) is 6.42 Å². The first-order valence-corrected chi connectivity index (χ1v) is 8.00. The van der Waals surface area contributed by atoms with E-state index in [4.69, 9.17) is 5.10 Å². The van der Waals surface area contributed by atoms with Gasteiger partial charge in [-0.1, -0.05) is 25.7 Å². The van der Waals surface area contributed by atoms with Gasteiger partial charge in [0.25, 0.3) is 0 Å². The molecule has 0 spiro atoms. The number of rotatable bonds is 5. The molecule has 0 aromatic carbocycles. The molecule has 1 N–H and O–H groups in total. The second-order valence-corrected chi connectivity index (χ2v) is 6.64. The highest BCUT2D eigenvalue weighted by molar-refractivity contribution is 5.07. The first kappa shape index (κ1) is 13.2. The molecule has 0 saturated heterocycles. The fourth-order valence-corrected chi connectivity index (χ4v) is 3.87. The number of hydrogen-bond donors (Lipinski definition) is 1. The van der Waals surface area contributed by atoms with E-state index in [0.29, 0.717) is 11.5 Å². The highest BCUT2D eigenvalue weighted by atomic mass is 15.3. The molecule has 0 radical (unpaired) electrons. The summed E-state index contributed by atoms with van der Waals surface area (Å²) in [6.07, 6.45) is 14.3. The third kappa shape index (κ3) is 2.86. The summed E-state index contributed by atoms with van der Waals surface area (Å²) in [7, 11) is 2.07. The molecule has 1 aromatic heterocycles. The second kappa shape index (κ2) is 5.66. The van der Waals surface area contributed by atoms with Crippen LogP contribution >= 0.6 is 0 Å². The van der Waals surface area contributed by atoms with E-state index in [2.05, 4.69) is 29.3 Å². The monoisotopic (exact) mass is 261 g/mol. The summed E-state index contributed by atoms with van der Waals surface area (Å²) in [5, 5.41) is 8.24. The summed E-state index contributed by atoms with van der Waals surface area (Å²) >= 11 is 0. The summed E-state index contributed by atoms with van der Waals surface area (Å²) in [5.41, 5.74) is 1.81. The van der Waals surface area contributed by atoms with Gasteiger partial charge in [0.15, 0.2) is 0 Å². The summed E-state index contributed by atoms with van der Waals surface area (Å²) in [5.74, 6) is 0. The number of hydrogen-bond acceptors (Lipinski definition) is 2. The van der Waals surface area contributed by atoms with Crippen molar-refractivity contribution in [1.29, 1.82) is 0 Å². The molecule has 3 rings (SSSR count). The van der Waals surface area contributed by atoms with E-state index in [1.54, 1.807) is 0 Å². The lowest BCUT2D eigenvalue weighted by atomic mass is 9.66. The van der Waals surface area contributed by atoms with Crippen LogP contribution in [-0.4, -0.2) is 23.4 Å². The average molecular weight is 261 g/mol. The second-order valence-electron chi connectivity index (χ2n) is 6.64. The highest BCUT2D eigenvalue weighted by Crippen LogP contribution is 2.43. The maximum absolute atomic E-state index is 4.87. The molecule has 106 valence electrons. The maximum Gasteiger partial charge on any atom is 0.0630 e. The topological polar surface area (TPSA) is 29.9 Å². The maximum atomic E-state index is 4.87. The van der Waals surface area contributed by atoms with Gasteiger partial charge in [0, 0.05) is 12.7 Å². The molecule has 0 amide bonds. The molecule has 1 heterocycles. The van der Waals surface area contributed by atoms with Crippen molar-refractivity contribution in [3.05, 3.63) is 18.0 Å². The van der Waals surface area contributed by atoms with Crippen LogP contribution in [0.4, 0.5) is 0 Å². The summed E-state index contributed by atoms with van der Waals surface area (Å²) in [6.45, 7) is 1.14. The molecule has 0 unspecified atom stereocenters. The first-order valence-electron chi connectivity index (χ1n) is 8.00. The Morgan fingerprint density at radius 3 is 2.68 bits per heavy atom. The molecule has 0 aliphatic heterocycles. The summed E-state index contributed by atoms with van der Waals surface area (Å²) in [4.78, 5) is 0. The van der Waals surface area contributed by atoms with E-state index in [1.807, 2.05) is 0 Å². The van der Waals surface area contributed by atoms with Crippen molar-refractivity contribution < 1.29 is 0 Å². The van der Waals surface area contributed by atoms with E-state index in [9.17, 15) is 0 Å². The molecule has 2 aliphatic carbocycles. The molecule has 19 heavy (non-hydrogen) atoms. The third-order valence-corrected chi connectivity index (χ3v) is 5.13. The van der Waals surface area contributed by atoms with Crippen molar-refractivity contribution in [3.63, 3.8) is 0 Å². The van der Waals surface area contributed by atoms with Crippen LogP contribution in [0.25, 0.3) is 0 Å². The largest absolute Gasteiger partial charge is 0.319 e. The Labute approximate surface area is 116 Å². The van der Waals surface area contributed by atoms with Crippen molar-refractivity contribution in [2.75, 3.05) is 13.6 Å². The fourth-order valence-electron chi connectivity index (χ4n) is 3.87. The highest BCUT2D eigenvalue weighted by Gasteiger charge is 2.36. The summed E-state index contributed by atoms with van der Waals surface area (Å²) in [6, 6.07) is 2.92. The zero-order valence-electron chi connectivity index (χ0n) is 12.2. The van der Waals surface area contributed by atoms with Gasteiger partial charge in [-0.15, -0.1) is 0 Å². The SMILES string of the molecule is CNCC1(Cc2ccn(C3CCCCC3)n2)CCC1. The van der Waals surface area contributed by atoms with Gasteiger partial charge < -0.3 is 5.32 Å². The van der Waals surface area contributed by atoms with Crippen molar-refractivity contribution in [2.24, 2.45) is 5.41 Å². The van der Waals surface area contributed by atoms with E-state index in [-0.39, 0.29) is 0 Å².